The molecule has 4 nitrogen and oxygen atoms in total. The maximum atomic E-state index is 11.9. The molecule has 0 aromatic carbocycles. The van der Waals surface area contributed by atoms with Gasteiger partial charge in [-0.2, -0.15) is 0 Å². The van der Waals surface area contributed by atoms with Gasteiger partial charge in [0.1, 0.15) is 0 Å². The average Bonchev–Trinajstić information content (AvgIpc) is 2.79. The molecule has 190 valence electrons. The van der Waals surface area contributed by atoms with E-state index in [1.807, 2.05) is 0 Å². The van der Waals surface area contributed by atoms with Crippen LogP contribution in [0.2, 0.25) is 0 Å². The Bertz CT molecular complexity index is 411. The first kappa shape index (κ1) is 30.9. The van der Waals surface area contributed by atoms with Gasteiger partial charge >= 0.3 is 5.97 Å². The molecule has 0 aliphatic heterocycles. The fourth-order valence-electron chi connectivity index (χ4n) is 4.00. The van der Waals surface area contributed by atoms with E-state index in [-0.39, 0.29) is 11.9 Å². The molecule has 0 heterocycles. The largest absolute Gasteiger partial charge is 0.466 e. The molecule has 0 fully saturated rings. The van der Waals surface area contributed by atoms with Crippen molar-refractivity contribution in [2.75, 3.05) is 13.2 Å². The van der Waals surface area contributed by atoms with E-state index in [1.165, 1.54) is 103 Å². The predicted molar refractivity (Wildman–Crippen MR) is 137 cm³/mol. The lowest BCUT2D eigenvalue weighted by atomic mass is 10.1. The SMILES string of the molecule is CCCCCCCCCCCCNC(=O)CCCOC(=O)CCCCCCCCCCC. The van der Waals surface area contributed by atoms with Crippen LogP contribution in [-0.4, -0.2) is 25.0 Å². The number of amides is 1. The monoisotopic (exact) mass is 453 g/mol. The second kappa shape index (κ2) is 26.2. The minimum Gasteiger partial charge on any atom is -0.466 e. The maximum Gasteiger partial charge on any atom is 0.305 e. The lowest BCUT2D eigenvalue weighted by Gasteiger charge is -2.07. The summed E-state index contributed by atoms with van der Waals surface area (Å²) in [7, 11) is 0. The highest BCUT2D eigenvalue weighted by Gasteiger charge is 2.05. The van der Waals surface area contributed by atoms with Crippen LogP contribution in [0.3, 0.4) is 0 Å². The highest BCUT2D eigenvalue weighted by molar-refractivity contribution is 5.75. The van der Waals surface area contributed by atoms with E-state index in [2.05, 4.69) is 19.2 Å². The molecule has 0 aromatic rings. The van der Waals surface area contributed by atoms with Crippen LogP contribution in [0.15, 0.2) is 0 Å². The normalized spacial score (nSPS) is 10.9. The smallest absolute Gasteiger partial charge is 0.305 e. The number of carbonyl (C=O) groups excluding carboxylic acids is 2. The number of nitrogens with one attached hydrogen (secondary N) is 1. The van der Waals surface area contributed by atoms with Crippen molar-refractivity contribution in [2.45, 2.75) is 155 Å². The van der Waals surface area contributed by atoms with Crippen molar-refractivity contribution in [2.24, 2.45) is 0 Å². The first-order valence-corrected chi connectivity index (χ1v) is 14.1. The minimum absolute atomic E-state index is 0.0795. The Hall–Kier alpha value is -1.06. The zero-order valence-electron chi connectivity index (χ0n) is 21.7. The lowest BCUT2D eigenvalue weighted by molar-refractivity contribution is -0.144. The Morgan fingerprint density at radius 3 is 1.47 bits per heavy atom. The fraction of sp³-hybridized carbons (Fsp3) is 0.929. The van der Waals surface area contributed by atoms with Crippen LogP contribution >= 0.6 is 0 Å². The van der Waals surface area contributed by atoms with Gasteiger partial charge in [0.05, 0.1) is 6.61 Å². The summed E-state index contributed by atoms with van der Waals surface area (Å²) in [5.41, 5.74) is 0. The van der Waals surface area contributed by atoms with Crippen molar-refractivity contribution >= 4 is 11.9 Å². The summed E-state index contributed by atoms with van der Waals surface area (Å²) in [4.78, 5) is 23.6. The molecular formula is C28H55NO3. The molecule has 4 heteroatoms. The van der Waals surface area contributed by atoms with Crippen LogP contribution in [0.1, 0.15) is 155 Å². The highest BCUT2D eigenvalue weighted by Crippen LogP contribution is 2.11. The van der Waals surface area contributed by atoms with Gasteiger partial charge in [0.25, 0.3) is 0 Å². The molecule has 0 atom stereocenters. The Labute approximate surface area is 200 Å². The number of carbonyl (C=O) groups is 2. The zero-order valence-corrected chi connectivity index (χ0v) is 21.7. The molecule has 0 saturated heterocycles. The molecule has 0 saturated carbocycles. The second-order valence-corrected chi connectivity index (χ2v) is 9.43. The Morgan fingerprint density at radius 1 is 0.531 bits per heavy atom. The topological polar surface area (TPSA) is 55.4 Å². The number of ether oxygens (including phenoxy) is 1. The van der Waals surface area contributed by atoms with Crippen molar-refractivity contribution in [3.05, 3.63) is 0 Å². The summed E-state index contributed by atoms with van der Waals surface area (Å²) >= 11 is 0. The van der Waals surface area contributed by atoms with Gasteiger partial charge in [-0.1, -0.05) is 123 Å². The van der Waals surface area contributed by atoms with Crippen LogP contribution in [-0.2, 0) is 14.3 Å². The maximum absolute atomic E-state index is 11.9. The Balaban J connectivity index is 3.28. The molecule has 0 radical (unpaired) electrons. The van der Waals surface area contributed by atoms with Crippen LogP contribution < -0.4 is 5.32 Å². The van der Waals surface area contributed by atoms with Crippen LogP contribution in [0.25, 0.3) is 0 Å². The molecule has 0 aromatic heterocycles. The molecule has 0 aliphatic carbocycles. The number of hydrogen-bond acceptors (Lipinski definition) is 3. The second-order valence-electron chi connectivity index (χ2n) is 9.43. The van der Waals surface area contributed by atoms with Gasteiger partial charge in [0.2, 0.25) is 5.91 Å². The van der Waals surface area contributed by atoms with Gasteiger partial charge in [-0.05, 0) is 19.3 Å². The van der Waals surface area contributed by atoms with Crippen molar-refractivity contribution in [1.29, 1.82) is 0 Å². The van der Waals surface area contributed by atoms with Gasteiger partial charge in [-0.25, -0.2) is 0 Å². The molecule has 0 bridgehead atoms. The molecule has 0 spiro atoms. The standard InChI is InChI=1S/C28H55NO3/c1-3-5-7-9-11-13-15-17-19-21-25-29-27(30)23-22-26-32-28(31)24-20-18-16-14-12-10-8-6-4-2/h3-26H2,1-2H3,(H,29,30). The third kappa shape index (κ3) is 25.2. The molecule has 1 amide bonds. The molecule has 1 N–H and O–H groups in total. The summed E-state index contributed by atoms with van der Waals surface area (Å²) in [6.07, 6.45) is 25.9. The molecular weight excluding hydrogens is 398 g/mol. The van der Waals surface area contributed by atoms with Crippen molar-refractivity contribution < 1.29 is 14.3 Å². The minimum atomic E-state index is -0.112. The summed E-state index contributed by atoms with van der Waals surface area (Å²) in [6.45, 7) is 5.64. The van der Waals surface area contributed by atoms with Crippen LogP contribution in [0.5, 0.6) is 0 Å². The summed E-state index contributed by atoms with van der Waals surface area (Å²) in [6, 6.07) is 0. The number of rotatable bonds is 25. The summed E-state index contributed by atoms with van der Waals surface area (Å²) in [5.74, 6) is -0.0328. The van der Waals surface area contributed by atoms with E-state index in [0.29, 0.717) is 25.9 Å². The van der Waals surface area contributed by atoms with Crippen molar-refractivity contribution in [3.8, 4) is 0 Å². The fourth-order valence-corrected chi connectivity index (χ4v) is 4.00. The quantitative estimate of drug-likeness (QED) is 0.112. The van der Waals surface area contributed by atoms with E-state index in [4.69, 9.17) is 4.74 Å². The first-order valence-electron chi connectivity index (χ1n) is 14.1. The van der Waals surface area contributed by atoms with E-state index in [1.54, 1.807) is 0 Å². The predicted octanol–water partition coefficient (Wildman–Crippen LogP) is 8.27. The highest BCUT2D eigenvalue weighted by atomic mass is 16.5. The third-order valence-electron chi connectivity index (χ3n) is 6.15. The third-order valence-corrected chi connectivity index (χ3v) is 6.15. The lowest BCUT2D eigenvalue weighted by Crippen LogP contribution is -2.24. The average molecular weight is 454 g/mol. The number of hydrogen-bond donors (Lipinski definition) is 1. The van der Waals surface area contributed by atoms with Gasteiger partial charge in [0, 0.05) is 19.4 Å². The summed E-state index contributed by atoms with van der Waals surface area (Å²) < 4.78 is 5.26. The number of unbranched alkanes of at least 4 members (excludes halogenated alkanes) is 17. The van der Waals surface area contributed by atoms with Gasteiger partial charge in [-0.15, -0.1) is 0 Å². The van der Waals surface area contributed by atoms with E-state index < -0.39 is 0 Å². The molecule has 32 heavy (non-hydrogen) atoms. The van der Waals surface area contributed by atoms with Gasteiger partial charge in [0.15, 0.2) is 0 Å². The molecule has 0 unspecified atom stereocenters. The molecule has 0 rings (SSSR count). The zero-order chi connectivity index (χ0) is 23.5. The summed E-state index contributed by atoms with van der Waals surface area (Å²) in [5, 5.41) is 2.99. The van der Waals surface area contributed by atoms with E-state index in [0.717, 1.165) is 25.8 Å². The first-order chi connectivity index (χ1) is 15.7. The number of esters is 1. The van der Waals surface area contributed by atoms with Gasteiger partial charge in [-0.3, -0.25) is 9.59 Å². The van der Waals surface area contributed by atoms with Crippen LogP contribution in [0, 0.1) is 0 Å². The Kier molecular flexibility index (Phi) is 25.3. The Morgan fingerprint density at radius 2 is 0.969 bits per heavy atom. The molecule has 0 aliphatic rings. The van der Waals surface area contributed by atoms with E-state index in [9.17, 15) is 9.59 Å². The van der Waals surface area contributed by atoms with Crippen molar-refractivity contribution in [3.63, 3.8) is 0 Å². The van der Waals surface area contributed by atoms with Gasteiger partial charge < -0.3 is 10.1 Å². The van der Waals surface area contributed by atoms with Crippen molar-refractivity contribution in [1.82, 2.24) is 5.32 Å². The van der Waals surface area contributed by atoms with Crippen LogP contribution in [0.4, 0.5) is 0 Å². The van der Waals surface area contributed by atoms with E-state index >= 15 is 0 Å².